The lowest BCUT2D eigenvalue weighted by Crippen LogP contribution is -2.20. The average molecular weight is 419 g/mol. The summed E-state index contributed by atoms with van der Waals surface area (Å²) in [6.45, 7) is 5.49. The molecule has 0 bridgehead atoms. The summed E-state index contributed by atoms with van der Waals surface area (Å²) in [5.41, 5.74) is 3.39. The lowest BCUT2D eigenvalue weighted by atomic mass is 10.1. The van der Waals surface area contributed by atoms with E-state index in [2.05, 4.69) is 21.4 Å². The van der Waals surface area contributed by atoms with E-state index in [0.29, 0.717) is 33.5 Å². The number of carbonyl (C=O) groups is 1. The van der Waals surface area contributed by atoms with Gasteiger partial charge in [0.2, 0.25) is 5.91 Å². The molecule has 1 heterocycles. The van der Waals surface area contributed by atoms with Crippen LogP contribution in [0.2, 0.25) is 0 Å². The Morgan fingerprint density at radius 2 is 1.87 bits per heavy atom. The van der Waals surface area contributed by atoms with Gasteiger partial charge in [-0.25, -0.2) is 9.97 Å². The normalized spacial score (nSPS) is 11.4. The third-order valence-corrected chi connectivity index (χ3v) is 5.70. The number of aryl methyl sites for hydroxylation is 3. The molecule has 1 N–H and O–H groups in total. The second kappa shape index (κ2) is 9.42. The van der Waals surface area contributed by atoms with Crippen LogP contribution in [0, 0.1) is 32.1 Å². The third-order valence-electron chi connectivity index (χ3n) is 4.46. The van der Waals surface area contributed by atoms with Crippen molar-refractivity contribution in [3.63, 3.8) is 0 Å². The molecule has 3 rings (SSSR count). The highest BCUT2D eigenvalue weighted by Gasteiger charge is 2.26. The molecule has 1 atom stereocenters. The van der Waals surface area contributed by atoms with E-state index in [1.54, 1.807) is 21.0 Å². The summed E-state index contributed by atoms with van der Waals surface area (Å²) in [6.07, 6.45) is 0. The molecule has 3 aromatic rings. The highest BCUT2D eigenvalue weighted by Crippen LogP contribution is 2.38. The van der Waals surface area contributed by atoms with E-state index in [9.17, 15) is 10.1 Å². The van der Waals surface area contributed by atoms with Crippen LogP contribution in [0.3, 0.4) is 0 Å². The fourth-order valence-electron chi connectivity index (χ4n) is 3.03. The van der Waals surface area contributed by atoms with Crippen LogP contribution in [0.15, 0.2) is 53.6 Å². The number of amides is 1. The summed E-state index contributed by atoms with van der Waals surface area (Å²) < 4.78 is 5.39. The molecule has 0 spiro atoms. The Labute approximate surface area is 180 Å². The van der Waals surface area contributed by atoms with E-state index in [1.165, 1.54) is 11.8 Å². The Hall–Kier alpha value is -3.37. The zero-order valence-corrected chi connectivity index (χ0v) is 18.1. The Morgan fingerprint density at radius 3 is 2.53 bits per heavy atom. The number of nitrogens with one attached hydrogen (secondary N) is 1. The van der Waals surface area contributed by atoms with Crippen molar-refractivity contribution in [1.82, 2.24) is 9.97 Å². The molecule has 0 aliphatic heterocycles. The predicted octanol–water partition coefficient (Wildman–Crippen LogP) is 4.75. The molecular weight excluding hydrogens is 396 g/mol. The molecule has 152 valence electrons. The number of thioether (sulfide) groups is 1. The van der Waals surface area contributed by atoms with Gasteiger partial charge in [-0.1, -0.05) is 48.2 Å². The molecule has 0 saturated carbocycles. The Bertz CT molecular complexity index is 1110. The topological polar surface area (TPSA) is 87.9 Å². The quantitative estimate of drug-likeness (QED) is 0.459. The number of rotatable bonds is 6. The molecule has 6 nitrogen and oxygen atoms in total. The van der Waals surface area contributed by atoms with Gasteiger partial charge in [0.15, 0.2) is 0 Å². The van der Waals surface area contributed by atoms with Crippen molar-refractivity contribution >= 4 is 23.4 Å². The van der Waals surface area contributed by atoms with Crippen molar-refractivity contribution < 1.29 is 9.53 Å². The van der Waals surface area contributed by atoms with E-state index in [-0.39, 0.29) is 5.91 Å². The van der Waals surface area contributed by atoms with Gasteiger partial charge in [0, 0.05) is 0 Å². The number of benzene rings is 2. The first kappa shape index (κ1) is 21.3. The van der Waals surface area contributed by atoms with Crippen LogP contribution >= 0.6 is 11.8 Å². The number of aromatic nitrogens is 2. The van der Waals surface area contributed by atoms with Crippen LogP contribution in [0.1, 0.15) is 33.5 Å². The molecule has 0 aliphatic rings. The lowest BCUT2D eigenvalue weighted by molar-refractivity contribution is -0.115. The number of nitrogens with zero attached hydrogens (tertiary/aromatic N) is 3. The van der Waals surface area contributed by atoms with Gasteiger partial charge in [-0.05, 0) is 44.0 Å². The molecule has 1 unspecified atom stereocenters. The van der Waals surface area contributed by atoms with E-state index in [0.717, 1.165) is 11.1 Å². The molecule has 0 radical (unpaired) electrons. The summed E-state index contributed by atoms with van der Waals surface area (Å²) in [4.78, 5) is 22.1. The lowest BCUT2D eigenvalue weighted by Gasteiger charge is -2.19. The van der Waals surface area contributed by atoms with Crippen molar-refractivity contribution in [2.75, 3.05) is 12.4 Å². The maximum atomic E-state index is 13.4. The maximum absolute atomic E-state index is 13.4. The monoisotopic (exact) mass is 418 g/mol. The second-order valence-electron chi connectivity index (χ2n) is 6.75. The minimum Gasteiger partial charge on any atom is -0.495 e. The highest BCUT2D eigenvalue weighted by atomic mass is 32.2. The molecule has 0 fully saturated rings. The second-order valence-corrected chi connectivity index (χ2v) is 7.84. The number of hydrogen-bond acceptors (Lipinski definition) is 6. The summed E-state index contributed by atoms with van der Waals surface area (Å²) >= 11 is 1.24. The molecule has 1 aromatic heterocycles. The van der Waals surface area contributed by atoms with Crippen LogP contribution in [0.5, 0.6) is 5.75 Å². The first-order valence-corrected chi connectivity index (χ1v) is 10.2. The number of carbonyl (C=O) groups excluding carboxylic acids is 1. The highest BCUT2D eigenvalue weighted by molar-refractivity contribution is 8.00. The summed E-state index contributed by atoms with van der Waals surface area (Å²) in [5.74, 6) is 0.909. The third kappa shape index (κ3) is 4.78. The molecule has 2 aromatic carbocycles. The minimum atomic E-state index is -0.614. The van der Waals surface area contributed by atoms with Gasteiger partial charge >= 0.3 is 0 Å². The van der Waals surface area contributed by atoms with Crippen LogP contribution in [0.25, 0.3) is 0 Å². The average Bonchev–Trinajstić information content (AvgIpc) is 2.72. The van der Waals surface area contributed by atoms with Gasteiger partial charge in [0.05, 0.1) is 18.5 Å². The van der Waals surface area contributed by atoms with Crippen molar-refractivity contribution in [3.8, 4) is 11.8 Å². The molecule has 0 saturated heterocycles. The number of methoxy groups -OCH3 is 1. The minimum absolute atomic E-state index is 0.229. The van der Waals surface area contributed by atoms with E-state index in [4.69, 9.17) is 4.74 Å². The van der Waals surface area contributed by atoms with Gasteiger partial charge in [0.1, 0.15) is 33.5 Å². The summed E-state index contributed by atoms with van der Waals surface area (Å²) in [7, 11) is 1.56. The first-order valence-electron chi connectivity index (χ1n) is 9.35. The van der Waals surface area contributed by atoms with Gasteiger partial charge < -0.3 is 10.1 Å². The van der Waals surface area contributed by atoms with Crippen LogP contribution in [-0.4, -0.2) is 23.0 Å². The Morgan fingerprint density at radius 1 is 1.13 bits per heavy atom. The van der Waals surface area contributed by atoms with Crippen LogP contribution < -0.4 is 10.1 Å². The molecule has 7 heteroatoms. The van der Waals surface area contributed by atoms with Crippen molar-refractivity contribution in [2.45, 2.75) is 31.0 Å². The molecule has 0 aliphatic carbocycles. The van der Waals surface area contributed by atoms with E-state index >= 15 is 0 Å². The largest absolute Gasteiger partial charge is 0.495 e. The number of ether oxygens (including phenoxy) is 1. The van der Waals surface area contributed by atoms with Crippen LogP contribution in [-0.2, 0) is 4.79 Å². The predicted molar refractivity (Wildman–Crippen MR) is 118 cm³/mol. The first-order chi connectivity index (χ1) is 14.4. The number of anilines is 1. The number of nitriles is 1. The fraction of sp³-hybridized carbons (Fsp3) is 0.217. The molecular formula is C23H22N4O2S. The Kier molecular flexibility index (Phi) is 6.70. The molecule has 30 heavy (non-hydrogen) atoms. The van der Waals surface area contributed by atoms with Gasteiger partial charge in [-0.3, -0.25) is 4.79 Å². The smallest absolute Gasteiger partial charge is 0.242 e. The number of hydrogen-bond donors (Lipinski definition) is 1. The Balaban J connectivity index is 2.00. The fourth-order valence-corrected chi connectivity index (χ4v) is 4.20. The van der Waals surface area contributed by atoms with Crippen molar-refractivity contribution in [3.05, 3.63) is 76.7 Å². The van der Waals surface area contributed by atoms with Gasteiger partial charge in [0.25, 0.3) is 0 Å². The maximum Gasteiger partial charge on any atom is 0.242 e. The van der Waals surface area contributed by atoms with E-state index in [1.807, 2.05) is 55.5 Å². The standard InChI is InChI=1S/C23H22N4O2S/c1-14-10-11-20(29-4)19(12-14)27-22(28)21(17-8-6-5-7-9-17)30-23-18(13-24)15(2)25-16(3)26-23/h5-12,21H,1-4H3,(H,27,28). The van der Waals surface area contributed by atoms with Crippen molar-refractivity contribution in [1.29, 1.82) is 5.26 Å². The van der Waals surface area contributed by atoms with Gasteiger partial charge in [-0.2, -0.15) is 5.26 Å². The molecule has 1 amide bonds. The summed E-state index contributed by atoms with van der Waals surface area (Å²) in [5, 5.41) is 12.4. The van der Waals surface area contributed by atoms with Crippen LogP contribution in [0.4, 0.5) is 5.69 Å². The van der Waals surface area contributed by atoms with E-state index < -0.39 is 5.25 Å². The zero-order valence-electron chi connectivity index (χ0n) is 17.3. The van der Waals surface area contributed by atoms with Crippen molar-refractivity contribution in [2.24, 2.45) is 0 Å². The van der Waals surface area contributed by atoms with Gasteiger partial charge in [-0.15, -0.1) is 0 Å². The summed E-state index contributed by atoms with van der Waals surface area (Å²) in [6, 6.07) is 17.2. The SMILES string of the molecule is COc1ccc(C)cc1NC(=O)C(Sc1nc(C)nc(C)c1C#N)c1ccccc1. The zero-order chi connectivity index (χ0) is 21.7.